The third-order valence-corrected chi connectivity index (χ3v) is 2.05. The van der Waals surface area contributed by atoms with Gasteiger partial charge in [0, 0.05) is 13.0 Å². The van der Waals surface area contributed by atoms with Crippen molar-refractivity contribution in [2.24, 2.45) is 0 Å². The lowest BCUT2D eigenvalue weighted by atomic mass is 10.1. The number of carboxylic acids is 1. The zero-order chi connectivity index (χ0) is 10.4. The van der Waals surface area contributed by atoms with Crippen molar-refractivity contribution in [3.05, 3.63) is 35.4 Å². The van der Waals surface area contributed by atoms with Crippen molar-refractivity contribution in [1.82, 2.24) is 0 Å². The average Bonchev–Trinajstić information content (AvgIpc) is 2.17. The molecule has 0 aromatic heterocycles. The molecule has 0 unspecified atom stereocenters. The molecule has 0 saturated heterocycles. The first-order chi connectivity index (χ1) is 6.72. The van der Waals surface area contributed by atoms with Crippen LogP contribution in [0.1, 0.15) is 17.5 Å². The zero-order valence-electron chi connectivity index (χ0n) is 7.94. The van der Waals surface area contributed by atoms with E-state index in [4.69, 9.17) is 10.2 Å². The Hall–Kier alpha value is -1.35. The van der Waals surface area contributed by atoms with Crippen LogP contribution >= 0.6 is 0 Å². The number of aliphatic hydroxyl groups excluding tert-OH is 1. The summed E-state index contributed by atoms with van der Waals surface area (Å²) in [5.74, 6) is -0.774. The van der Waals surface area contributed by atoms with E-state index in [1.165, 1.54) is 0 Å². The molecule has 0 amide bonds. The highest BCUT2D eigenvalue weighted by molar-refractivity contribution is 5.67. The molecule has 0 atom stereocenters. The highest BCUT2D eigenvalue weighted by Gasteiger charge is 1.99. The Balaban J connectivity index is 2.50. The predicted molar refractivity (Wildman–Crippen MR) is 53.2 cm³/mol. The van der Waals surface area contributed by atoms with E-state index in [0.29, 0.717) is 12.8 Å². The number of hydrogen-bond donors (Lipinski definition) is 2. The Morgan fingerprint density at radius 3 is 2.00 bits per heavy atom. The Kier molecular flexibility index (Phi) is 4.13. The largest absolute Gasteiger partial charge is 0.481 e. The van der Waals surface area contributed by atoms with Crippen molar-refractivity contribution in [3.63, 3.8) is 0 Å². The molecule has 1 aromatic carbocycles. The van der Waals surface area contributed by atoms with Crippen LogP contribution in [-0.4, -0.2) is 22.8 Å². The molecule has 0 radical (unpaired) electrons. The second-order valence-electron chi connectivity index (χ2n) is 3.18. The lowest BCUT2D eigenvalue weighted by Crippen LogP contribution is -1.97. The van der Waals surface area contributed by atoms with Crippen molar-refractivity contribution < 1.29 is 15.0 Å². The molecule has 0 aliphatic carbocycles. The first-order valence-electron chi connectivity index (χ1n) is 4.63. The van der Waals surface area contributed by atoms with Crippen LogP contribution in [-0.2, 0) is 17.6 Å². The molecule has 3 heteroatoms. The van der Waals surface area contributed by atoms with E-state index in [2.05, 4.69) is 0 Å². The molecule has 0 aliphatic heterocycles. The van der Waals surface area contributed by atoms with Crippen molar-refractivity contribution >= 4 is 5.97 Å². The average molecular weight is 194 g/mol. The van der Waals surface area contributed by atoms with E-state index in [9.17, 15) is 4.79 Å². The van der Waals surface area contributed by atoms with E-state index in [-0.39, 0.29) is 13.0 Å². The highest BCUT2D eigenvalue weighted by Crippen LogP contribution is 2.07. The van der Waals surface area contributed by atoms with E-state index < -0.39 is 5.97 Å². The van der Waals surface area contributed by atoms with E-state index in [0.717, 1.165) is 11.1 Å². The van der Waals surface area contributed by atoms with Gasteiger partial charge in [-0.05, 0) is 24.0 Å². The van der Waals surface area contributed by atoms with Gasteiger partial charge in [0.25, 0.3) is 0 Å². The fourth-order valence-corrected chi connectivity index (χ4v) is 1.25. The number of aliphatic hydroxyl groups is 1. The fraction of sp³-hybridized carbons (Fsp3) is 0.364. The Labute approximate surface area is 83.0 Å². The molecule has 1 rings (SSSR count). The molecule has 0 aliphatic rings. The maximum atomic E-state index is 10.3. The van der Waals surface area contributed by atoms with Gasteiger partial charge in [0.1, 0.15) is 0 Å². The molecule has 0 heterocycles. The summed E-state index contributed by atoms with van der Waals surface area (Å²) in [5.41, 5.74) is 2.10. The van der Waals surface area contributed by atoms with Crippen molar-refractivity contribution in [2.45, 2.75) is 19.3 Å². The molecule has 76 valence electrons. The van der Waals surface area contributed by atoms with Gasteiger partial charge in [0.2, 0.25) is 0 Å². The van der Waals surface area contributed by atoms with Crippen LogP contribution in [0.5, 0.6) is 0 Å². The second kappa shape index (κ2) is 5.40. The molecular formula is C11H14O3. The number of hydrogen-bond acceptors (Lipinski definition) is 2. The lowest BCUT2D eigenvalue weighted by Gasteiger charge is -2.01. The first kappa shape index (κ1) is 10.7. The van der Waals surface area contributed by atoms with Crippen LogP contribution in [0, 0.1) is 0 Å². The fourth-order valence-electron chi connectivity index (χ4n) is 1.25. The van der Waals surface area contributed by atoms with Crippen molar-refractivity contribution in [3.8, 4) is 0 Å². The number of aliphatic carboxylic acids is 1. The summed E-state index contributed by atoms with van der Waals surface area (Å²) in [6.07, 6.45) is 1.38. The standard InChI is InChI=1S/C11H14O3/c12-8-7-10-3-1-9(2-4-10)5-6-11(13)14/h1-4,12H,5-8H2,(H,13,14). The number of carbonyl (C=O) groups is 1. The minimum Gasteiger partial charge on any atom is -0.481 e. The number of rotatable bonds is 5. The van der Waals surface area contributed by atoms with Gasteiger partial charge in [0.15, 0.2) is 0 Å². The van der Waals surface area contributed by atoms with Gasteiger partial charge >= 0.3 is 5.97 Å². The molecule has 14 heavy (non-hydrogen) atoms. The molecule has 2 N–H and O–H groups in total. The normalized spacial score (nSPS) is 10.1. The summed E-state index contributed by atoms with van der Waals surface area (Å²) in [6, 6.07) is 7.67. The van der Waals surface area contributed by atoms with E-state index in [1.807, 2.05) is 24.3 Å². The minimum absolute atomic E-state index is 0.147. The van der Waals surface area contributed by atoms with Crippen LogP contribution in [0.3, 0.4) is 0 Å². The Morgan fingerprint density at radius 1 is 1.07 bits per heavy atom. The van der Waals surface area contributed by atoms with E-state index in [1.54, 1.807) is 0 Å². The summed E-state index contributed by atoms with van der Waals surface area (Å²) >= 11 is 0. The van der Waals surface area contributed by atoms with Crippen LogP contribution in [0.25, 0.3) is 0 Å². The van der Waals surface area contributed by atoms with Crippen molar-refractivity contribution in [1.29, 1.82) is 0 Å². The topological polar surface area (TPSA) is 57.5 Å². The van der Waals surface area contributed by atoms with Crippen LogP contribution in [0.15, 0.2) is 24.3 Å². The van der Waals surface area contributed by atoms with E-state index >= 15 is 0 Å². The van der Waals surface area contributed by atoms with Gasteiger partial charge in [0.05, 0.1) is 0 Å². The third kappa shape index (κ3) is 3.58. The van der Waals surface area contributed by atoms with Gasteiger partial charge < -0.3 is 10.2 Å². The van der Waals surface area contributed by atoms with Gasteiger partial charge in [-0.25, -0.2) is 0 Å². The highest BCUT2D eigenvalue weighted by atomic mass is 16.4. The first-order valence-corrected chi connectivity index (χ1v) is 4.63. The predicted octanol–water partition coefficient (Wildman–Crippen LogP) is 1.24. The summed E-state index contributed by atoms with van der Waals surface area (Å²) in [6.45, 7) is 0.147. The summed E-state index contributed by atoms with van der Waals surface area (Å²) in [4.78, 5) is 10.3. The molecule has 0 bridgehead atoms. The molecule has 0 spiro atoms. The molecule has 1 aromatic rings. The molecule has 0 fully saturated rings. The number of aryl methyl sites for hydroxylation is 1. The smallest absolute Gasteiger partial charge is 0.303 e. The summed E-state index contributed by atoms with van der Waals surface area (Å²) in [5, 5.41) is 17.2. The summed E-state index contributed by atoms with van der Waals surface area (Å²) < 4.78 is 0. The molecule has 0 saturated carbocycles. The third-order valence-electron chi connectivity index (χ3n) is 2.05. The maximum absolute atomic E-state index is 10.3. The van der Waals surface area contributed by atoms with Gasteiger partial charge in [-0.15, -0.1) is 0 Å². The Bertz CT molecular complexity index is 290. The zero-order valence-corrected chi connectivity index (χ0v) is 7.94. The lowest BCUT2D eigenvalue weighted by molar-refractivity contribution is -0.136. The SMILES string of the molecule is O=C(O)CCc1ccc(CCO)cc1. The molecule has 3 nitrogen and oxygen atoms in total. The van der Waals surface area contributed by atoms with Gasteiger partial charge in [-0.2, -0.15) is 0 Å². The quantitative estimate of drug-likeness (QED) is 0.741. The monoisotopic (exact) mass is 194 g/mol. The second-order valence-corrected chi connectivity index (χ2v) is 3.18. The van der Waals surface area contributed by atoms with Crippen LogP contribution in [0.4, 0.5) is 0 Å². The number of carboxylic acid groups (broad SMARTS) is 1. The van der Waals surface area contributed by atoms with Crippen LogP contribution in [0.2, 0.25) is 0 Å². The summed E-state index contributed by atoms with van der Waals surface area (Å²) in [7, 11) is 0. The molecular weight excluding hydrogens is 180 g/mol. The number of benzene rings is 1. The van der Waals surface area contributed by atoms with Gasteiger partial charge in [-0.1, -0.05) is 24.3 Å². The van der Waals surface area contributed by atoms with Gasteiger partial charge in [-0.3, -0.25) is 4.79 Å². The van der Waals surface area contributed by atoms with Crippen molar-refractivity contribution in [2.75, 3.05) is 6.61 Å². The minimum atomic E-state index is -0.774. The Morgan fingerprint density at radius 2 is 1.57 bits per heavy atom. The maximum Gasteiger partial charge on any atom is 0.303 e. The van der Waals surface area contributed by atoms with Crippen LogP contribution < -0.4 is 0 Å².